The standard InChI is InChI=1S/C42H25N3S/c1-2-11-26(12-3-1)29-21-22-33-36(24-29)43-42(44-40(33)34-18-10-17-32-31-16-7-9-20-39(31)46-41(32)34)45-37-19-8-6-15-30(37)35-23-27-13-4-5-14-28(27)25-38(35)45/h1-25H. The quantitative estimate of drug-likeness (QED) is 0.201. The molecule has 10 aromatic rings. The van der Waals surface area contributed by atoms with Crippen molar-refractivity contribution in [2.45, 2.75) is 0 Å². The third-order valence-electron chi connectivity index (χ3n) is 9.19. The molecule has 3 nitrogen and oxygen atoms in total. The molecular formula is C42H25N3S. The summed E-state index contributed by atoms with van der Waals surface area (Å²) in [5.41, 5.74) is 7.50. The van der Waals surface area contributed by atoms with Gasteiger partial charge in [-0.15, -0.1) is 11.3 Å². The van der Waals surface area contributed by atoms with Gasteiger partial charge in [0.25, 0.3) is 0 Å². The molecule has 0 bridgehead atoms. The van der Waals surface area contributed by atoms with E-state index in [1.807, 2.05) is 11.3 Å². The van der Waals surface area contributed by atoms with Crippen molar-refractivity contribution >= 4 is 75.0 Å². The van der Waals surface area contributed by atoms with Crippen molar-refractivity contribution in [2.24, 2.45) is 0 Å². The van der Waals surface area contributed by atoms with Crippen LogP contribution in [0.15, 0.2) is 152 Å². The second-order valence-corrected chi connectivity index (χ2v) is 12.9. The van der Waals surface area contributed by atoms with Crippen LogP contribution in [0.3, 0.4) is 0 Å². The summed E-state index contributed by atoms with van der Waals surface area (Å²) in [6.07, 6.45) is 0. The van der Waals surface area contributed by atoms with E-state index in [0.29, 0.717) is 5.95 Å². The van der Waals surface area contributed by atoms with Gasteiger partial charge in [-0.25, -0.2) is 9.97 Å². The highest BCUT2D eigenvalue weighted by molar-refractivity contribution is 7.26. The van der Waals surface area contributed by atoms with Crippen LogP contribution in [0, 0.1) is 0 Å². The molecule has 0 aliphatic rings. The summed E-state index contributed by atoms with van der Waals surface area (Å²) in [5.74, 6) is 0.673. The number of nitrogens with zero attached hydrogens (tertiary/aromatic N) is 3. The highest BCUT2D eigenvalue weighted by atomic mass is 32.1. The molecule has 0 spiro atoms. The van der Waals surface area contributed by atoms with Gasteiger partial charge < -0.3 is 0 Å². The minimum absolute atomic E-state index is 0.673. The summed E-state index contributed by atoms with van der Waals surface area (Å²) >= 11 is 1.83. The van der Waals surface area contributed by atoms with Gasteiger partial charge in [-0.2, -0.15) is 0 Å². The second-order valence-electron chi connectivity index (χ2n) is 11.8. The molecule has 0 saturated heterocycles. The van der Waals surface area contributed by atoms with Crippen molar-refractivity contribution in [3.63, 3.8) is 0 Å². The summed E-state index contributed by atoms with van der Waals surface area (Å²) in [6, 6.07) is 54.2. The maximum absolute atomic E-state index is 5.48. The molecule has 0 radical (unpaired) electrons. The Morgan fingerprint density at radius 2 is 1.20 bits per heavy atom. The van der Waals surface area contributed by atoms with Crippen molar-refractivity contribution in [3.8, 4) is 28.3 Å². The Balaban J connectivity index is 1.33. The zero-order valence-corrected chi connectivity index (χ0v) is 25.5. The minimum Gasteiger partial charge on any atom is -0.278 e. The molecule has 0 aliphatic heterocycles. The van der Waals surface area contributed by atoms with Gasteiger partial charge in [0, 0.05) is 41.9 Å². The predicted octanol–water partition coefficient (Wildman–Crippen LogP) is 11.6. The first-order valence-corrected chi connectivity index (χ1v) is 16.3. The molecule has 3 aromatic heterocycles. The van der Waals surface area contributed by atoms with E-state index in [9.17, 15) is 0 Å². The number of aromatic nitrogens is 3. The fourth-order valence-electron chi connectivity index (χ4n) is 7.04. The van der Waals surface area contributed by atoms with Crippen LogP contribution < -0.4 is 0 Å². The molecule has 0 amide bonds. The molecule has 0 atom stereocenters. The highest BCUT2D eigenvalue weighted by Gasteiger charge is 2.20. The normalized spacial score (nSPS) is 11.9. The van der Waals surface area contributed by atoms with Crippen molar-refractivity contribution in [1.82, 2.24) is 14.5 Å². The third-order valence-corrected chi connectivity index (χ3v) is 10.4. The lowest BCUT2D eigenvalue weighted by Crippen LogP contribution is -2.03. The molecule has 0 unspecified atom stereocenters. The summed E-state index contributed by atoms with van der Waals surface area (Å²) in [4.78, 5) is 10.8. The van der Waals surface area contributed by atoms with Crippen molar-refractivity contribution in [1.29, 1.82) is 0 Å². The number of para-hydroxylation sites is 1. The van der Waals surface area contributed by atoms with Gasteiger partial charge in [0.2, 0.25) is 5.95 Å². The average molecular weight is 604 g/mol. The lowest BCUT2D eigenvalue weighted by atomic mass is 10.00. The highest BCUT2D eigenvalue weighted by Crippen LogP contribution is 2.42. The number of thiophene rings is 1. The number of benzene rings is 7. The average Bonchev–Trinajstić information content (AvgIpc) is 3.66. The Morgan fingerprint density at radius 3 is 2.09 bits per heavy atom. The summed E-state index contributed by atoms with van der Waals surface area (Å²) in [7, 11) is 0. The van der Waals surface area contributed by atoms with Gasteiger partial charge in [0.05, 0.1) is 22.2 Å². The fraction of sp³-hybridized carbons (Fsp3) is 0. The third kappa shape index (κ3) is 3.77. The summed E-state index contributed by atoms with van der Waals surface area (Å²) < 4.78 is 4.78. The van der Waals surface area contributed by atoms with E-state index in [1.54, 1.807) is 0 Å². The van der Waals surface area contributed by atoms with Crippen molar-refractivity contribution < 1.29 is 0 Å². The van der Waals surface area contributed by atoms with Crippen LogP contribution >= 0.6 is 11.3 Å². The Kier molecular flexibility index (Phi) is 5.45. The Labute approximate surface area is 268 Å². The number of hydrogen-bond donors (Lipinski definition) is 0. The molecule has 4 heteroatoms. The summed E-state index contributed by atoms with van der Waals surface area (Å²) in [5, 5.41) is 8.39. The van der Waals surface area contributed by atoms with Crippen LogP contribution in [0.1, 0.15) is 0 Å². The molecule has 46 heavy (non-hydrogen) atoms. The molecule has 214 valence electrons. The monoisotopic (exact) mass is 603 g/mol. The Bertz CT molecular complexity index is 2810. The summed E-state index contributed by atoms with van der Waals surface area (Å²) in [6.45, 7) is 0. The Hall–Kier alpha value is -5.84. The van der Waals surface area contributed by atoms with Crippen LogP contribution in [0.4, 0.5) is 0 Å². The largest absolute Gasteiger partial charge is 0.278 e. The van der Waals surface area contributed by atoms with Crippen molar-refractivity contribution in [2.75, 3.05) is 0 Å². The van der Waals surface area contributed by atoms with Crippen LogP contribution in [0.5, 0.6) is 0 Å². The fourth-order valence-corrected chi connectivity index (χ4v) is 8.25. The first kappa shape index (κ1) is 25.5. The smallest absolute Gasteiger partial charge is 0.235 e. The maximum atomic E-state index is 5.48. The van der Waals surface area contributed by atoms with Gasteiger partial charge in [0.1, 0.15) is 0 Å². The van der Waals surface area contributed by atoms with E-state index in [-0.39, 0.29) is 0 Å². The molecule has 0 saturated carbocycles. The predicted molar refractivity (Wildman–Crippen MR) is 195 cm³/mol. The molecular weight excluding hydrogens is 579 g/mol. The van der Waals surface area contributed by atoms with Crippen LogP contribution in [0.2, 0.25) is 0 Å². The molecule has 7 aromatic carbocycles. The maximum Gasteiger partial charge on any atom is 0.235 e. The van der Waals surface area contributed by atoms with Crippen LogP contribution in [-0.2, 0) is 0 Å². The first-order chi connectivity index (χ1) is 22.8. The van der Waals surface area contributed by atoms with E-state index in [4.69, 9.17) is 9.97 Å². The van der Waals surface area contributed by atoms with Gasteiger partial charge >= 0.3 is 0 Å². The van der Waals surface area contributed by atoms with E-state index in [1.165, 1.54) is 47.3 Å². The minimum atomic E-state index is 0.673. The van der Waals surface area contributed by atoms with E-state index >= 15 is 0 Å². The van der Waals surface area contributed by atoms with Gasteiger partial charge in [-0.3, -0.25) is 4.57 Å². The van der Waals surface area contributed by atoms with E-state index in [0.717, 1.165) is 38.8 Å². The van der Waals surface area contributed by atoms with Crippen molar-refractivity contribution in [3.05, 3.63) is 152 Å². The molecule has 10 rings (SSSR count). The van der Waals surface area contributed by atoms with E-state index in [2.05, 4.69) is 156 Å². The first-order valence-electron chi connectivity index (χ1n) is 15.5. The van der Waals surface area contributed by atoms with Crippen LogP contribution in [-0.4, -0.2) is 14.5 Å². The molecule has 0 aliphatic carbocycles. The SMILES string of the molecule is c1ccc(-c2ccc3c(-c4cccc5c4sc4ccccc45)nc(-n4c5ccccc5c5cc6ccccc6cc54)nc3c2)cc1. The van der Waals surface area contributed by atoms with Gasteiger partial charge in [-0.1, -0.05) is 115 Å². The number of rotatable bonds is 3. The number of fused-ring (bicyclic) bond motifs is 8. The molecule has 3 heterocycles. The zero-order chi connectivity index (χ0) is 30.2. The number of hydrogen-bond acceptors (Lipinski definition) is 3. The van der Waals surface area contributed by atoms with Crippen LogP contribution in [0.25, 0.3) is 92.0 Å². The lowest BCUT2D eigenvalue weighted by Gasteiger charge is -2.13. The van der Waals surface area contributed by atoms with Gasteiger partial charge in [-0.05, 0) is 58.3 Å². The lowest BCUT2D eigenvalue weighted by molar-refractivity contribution is 1.01. The van der Waals surface area contributed by atoms with E-state index < -0.39 is 0 Å². The molecule has 0 N–H and O–H groups in total. The zero-order valence-electron chi connectivity index (χ0n) is 24.7. The topological polar surface area (TPSA) is 30.7 Å². The van der Waals surface area contributed by atoms with Gasteiger partial charge in [0.15, 0.2) is 0 Å². The molecule has 0 fully saturated rings. The Morgan fingerprint density at radius 1 is 0.457 bits per heavy atom. The second kappa shape index (κ2) is 9.83.